The topological polar surface area (TPSA) is 58.6 Å². The van der Waals surface area contributed by atoms with Crippen molar-refractivity contribution < 1.29 is 13.9 Å². The number of aromatic nitrogens is 2. The number of fused-ring (bicyclic) bond motifs is 1. The van der Waals surface area contributed by atoms with Crippen LogP contribution in [0.3, 0.4) is 0 Å². The summed E-state index contributed by atoms with van der Waals surface area (Å²) in [6.07, 6.45) is 4.06. The van der Waals surface area contributed by atoms with Gasteiger partial charge in [-0.15, -0.1) is 0 Å². The smallest absolute Gasteiger partial charge is 0.260 e. The normalized spacial score (nSPS) is 19.1. The van der Waals surface area contributed by atoms with Crippen molar-refractivity contribution in [2.75, 3.05) is 38.2 Å². The fraction of sp³-hybridized carbons (Fsp3) is 0.500. The molecule has 4 rings (SSSR count). The van der Waals surface area contributed by atoms with Gasteiger partial charge in [0.2, 0.25) is 0 Å². The van der Waals surface area contributed by atoms with Crippen LogP contribution in [0.4, 0.5) is 10.2 Å². The van der Waals surface area contributed by atoms with Crippen LogP contribution in [0.25, 0.3) is 0 Å². The van der Waals surface area contributed by atoms with Crippen LogP contribution in [0.1, 0.15) is 42.3 Å². The molecule has 0 unspecified atom stereocenters. The average molecular weight is 398 g/mol. The number of hydrogen-bond donors (Lipinski definition) is 0. The molecule has 0 N–H and O–H groups in total. The molecule has 3 heterocycles. The largest absolute Gasteiger partial charge is 0.484 e. The van der Waals surface area contributed by atoms with Gasteiger partial charge in [-0.3, -0.25) is 4.79 Å². The van der Waals surface area contributed by atoms with E-state index in [1.807, 2.05) is 4.90 Å². The quantitative estimate of drug-likeness (QED) is 0.792. The van der Waals surface area contributed by atoms with E-state index in [9.17, 15) is 9.18 Å². The first-order chi connectivity index (χ1) is 14.0. The number of amides is 1. The highest BCUT2D eigenvalue weighted by Crippen LogP contribution is 2.31. The lowest BCUT2D eigenvalue weighted by Gasteiger charge is -2.33. The van der Waals surface area contributed by atoms with Gasteiger partial charge < -0.3 is 14.5 Å². The number of benzene rings is 1. The van der Waals surface area contributed by atoms with Gasteiger partial charge in [0.1, 0.15) is 23.2 Å². The fourth-order valence-electron chi connectivity index (χ4n) is 4.17. The van der Waals surface area contributed by atoms with Crippen LogP contribution in [-0.4, -0.2) is 54.1 Å². The summed E-state index contributed by atoms with van der Waals surface area (Å²) < 4.78 is 18.5. The molecule has 2 aromatic rings. The van der Waals surface area contributed by atoms with Crippen LogP contribution in [0.5, 0.6) is 5.75 Å². The molecule has 1 fully saturated rings. The van der Waals surface area contributed by atoms with Gasteiger partial charge in [-0.2, -0.15) is 0 Å². The standard InChI is InChI=1S/C22H27FN4O2/c1-15-19-6-4-11-26(2)22(19)25-21(24-15)16-5-3-12-27(13-16)20(28)14-29-18-9-7-17(23)8-10-18/h7-10,16H,3-6,11-14H2,1-2H3/t16-/m1/s1. The summed E-state index contributed by atoms with van der Waals surface area (Å²) in [4.78, 5) is 26.4. The van der Waals surface area contributed by atoms with E-state index in [1.54, 1.807) is 0 Å². The molecule has 0 spiro atoms. The van der Waals surface area contributed by atoms with Gasteiger partial charge in [-0.25, -0.2) is 14.4 Å². The number of rotatable bonds is 4. The van der Waals surface area contributed by atoms with E-state index in [0.29, 0.717) is 18.8 Å². The first kappa shape index (κ1) is 19.6. The number of nitrogens with zero attached hydrogens (tertiary/aromatic N) is 4. The molecule has 154 valence electrons. The Morgan fingerprint density at radius 2 is 2.00 bits per heavy atom. The van der Waals surface area contributed by atoms with Crippen molar-refractivity contribution in [1.29, 1.82) is 0 Å². The number of anilines is 1. The van der Waals surface area contributed by atoms with Crippen LogP contribution < -0.4 is 9.64 Å². The third-order valence-electron chi connectivity index (χ3n) is 5.81. The lowest BCUT2D eigenvalue weighted by Crippen LogP contribution is -2.42. The molecule has 2 aliphatic rings. The Balaban J connectivity index is 1.43. The Kier molecular flexibility index (Phi) is 5.65. The summed E-state index contributed by atoms with van der Waals surface area (Å²) in [5.41, 5.74) is 2.30. The third-order valence-corrected chi connectivity index (χ3v) is 5.81. The monoisotopic (exact) mass is 398 g/mol. The molecule has 0 radical (unpaired) electrons. The molecule has 7 heteroatoms. The molecule has 2 aliphatic heterocycles. The molecule has 1 aromatic heterocycles. The van der Waals surface area contributed by atoms with Crippen LogP contribution in [0.2, 0.25) is 0 Å². The molecule has 1 amide bonds. The number of aryl methyl sites for hydroxylation is 1. The third kappa shape index (κ3) is 4.33. The zero-order valence-electron chi connectivity index (χ0n) is 17.0. The van der Waals surface area contributed by atoms with Gasteiger partial charge in [0.15, 0.2) is 6.61 Å². The first-order valence-corrected chi connectivity index (χ1v) is 10.3. The summed E-state index contributed by atoms with van der Waals surface area (Å²) in [7, 11) is 2.08. The van der Waals surface area contributed by atoms with Crippen molar-refractivity contribution in [1.82, 2.24) is 14.9 Å². The zero-order valence-corrected chi connectivity index (χ0v) is 17.0. The highest BCUT2D eigenvalue weighted by Gasteiger charge is 2.29. The van der Waals surface area contributed by atoms with Crippen molar-refractivity contribution in [3.05, 3.63) is 47.2 Å². The van der Waals surface area contributed by atoms with Crippen LogP contribution in [0.15, 0.2) is 24.3 Å². The van der Waals surface area contributed by atoms with Crippen LogP contribution in [0, 0.1) is 12.7 Å². The van der Waals surface area contributed by atoms with E-state index in [4.69, 9.17) is 14.7 Å². The number of ether oxygens (including phenoxy) is 1. The molecule has 1 aromatic carbocycles. The maximum Gasteiger partial charge on any atom is 0.260 e. The molecule has 0 bridgehead atoms. The summed E-state index contributed by atoms with van der Waals surface area (Å²) in [6, 6.07) is 5.71. The maximum absolute atomic E-state index is 13.0. The minimum atomic E-state index is -0.325. The maximum atomic E-state index is 13.0. The Labute approximate surface area is 170 Å². The van der Waals surface area contributed by atoms with E-state index < -0.39 is 0 Å². The highest BCUT2D eigenvalue weighted by molar-refractivity contribution is 5.78. The van der Waals surface area contributed by atoms with Crippen molar-refractivity contribution >= 4 is 11.7 Å². The average Bonchev–Trinajstić information content (AvgIpc) is 2.74. The summed E-state index contributed by atoms with van der Waals surface area (Å²) in [5, 5.41) is 0. The van der Waals surface area contributed by atoms with Crippen molar-refractivity contribution in [3.8, 4) is 5.75 Å². The van der Waals surface area contributed by atoms with E-state index in [-0.39, 0.29) is 24.2 Å². The Hall–Kier alpha value is -2.70. The Bertz CT molecular complexity index is 887. The summed E-state index contributed by atoms with van der Waals surface area (Å²) >= 11 is 0. The van der Waals surface area contributed by atoms with Crippen LogP contribution in [-0.2, 0) is 11.2 Å². The van der Waals surface area contributed by atoms with Crippen molar-refractivity contribution in [2.24, 2.45) is 0 Å². The number of likely N-dealkylation sites (tertiary alicyclic amines) is 1. The van der Waals surface area contributed by atoms with Crippen molar-refractivity contribution in [3.63, 3.8) is 0 Å². The molecule has 1 atom stereocenters. The second kappa shape index (κ2) is 8.35. The van der Waals surface area contributed by atoms with Gasteiger partial charge in [0.25, 0.3) is 5.91 Å². The van der Waals surface area contributed by atoms with Gasteiger partial charge in [-0.1, -0.05) is 0 Å². The molecule has 0 saturated carbocycles. The molecule has 0 aliphatic carbocycles. The summed E-state index contributed by atoms with van der Waals surface area (Å²) in [5.74, 6) is 2.12. The lowest BCUT2D eigenvalue weighted by atomic mass is 9.96. The second-order valence-corrected chi connectivity index (χ2v) is 7.92. The molecule has 1 saturated heterocycles. The summed E-state index contributed by atoms with van der Waals surface area (Å²) in [6.45, 7) is 4.34. The number of piperidine rings is 1. The molecular formula is C22H27FN4O2. The van der Waals surface area contributed by atoms with Gasteiger partial charge in [0.05, 0.1) is 0 Å². The zero-order chi connectivity index (χ0) is 20.4. The fourth-order valence-corrected chi connectivity index (χ4v) is 4.17. The van der Waals surface area contributed by atoms with E-state index in [2.05, 4.69) is 18.9 Å². The molecule has 29 heavy (non-hydrogen) atoms. The van der Waals surface area contributed by atoms with E-state index in [0.717, 1.165) is 49.6 Å². The predicted molar refractivity (Wildman–Crippen MR) is 109 cm³/mol. The Morgan fingerprint density at radius 3 is 2.79 bits per heavy atom. The second-order valence-electron chi connectivity index (χ2n) is 7.92. The number of carbonyl (C=O) groups excluding carboxylic acids is 1. The predicted octanol–water partition coefficient (Wildman–Crippen LogP) is 3.09. The minimum Gasteiger partial charge on any atom is -0.484 e. The van der Waals surface area contributed by atoms with E-state index >= 15 is 0 Å². The Morgan fingerprint density at radius 1 is 1.21 bits per heavy atom. The van der Waals surface area contributed by atoms with Gasteiger partial charge in [0, 0.05) is 43.9 Å². The number of halogens is 1. The van der Waals surface area contributed by atoms with Gasteiger partial charge in [-0.05, 0) is 56.9 Å². The number of carbonyl (C=O) groups is 1. The lowest BCUT2D eigenvalue weighted by molar-refractivity contribution is -0.134. The SMILES string of the molecule is Cc1nc([C@@H]2CCCN(C(=O)COc3ccc(F)cc3)C2)nc2c1CCCN2C. The highest BCUT2D eigenvalue weighted by atomic mass is 19.1. The first-order valence-electron chi connectivity index (χ1n) is 10.3. The minimum absolute atomic E-state index is 0.0504. The van der Waals surface area contributed by atoms with Crippen molar-refractivity contribution in [2.45, 2.75) is 38.5 Å². The van der Waals surface area contributed by atoms with Gasteiger partial charge >= 0.3 is 0 Å². The van der Waals surface area contributed by atoms with E-state index in [1.165, 1.54) is 29.8 Å². The van der Waals surface area contributed by atoms with Crippen LogP contribution >= 0.6 is 0 Å². The molecular weight excluding hydrogens is 371 g/mol. The number of hydrogen-bond acceptors (Lipinski definition) is 5. The molecule has 6 nitrogen and oxygen atoms in total.